The van der Waals surface area contributed by atoms with Gasteiger partial charge in [-0.3, -0.25) is 4.79 Å². The van der Waals surface area contributed by atoms with Gasteiger partial charge in [0.05, 0.1) is 0 Å². The fourth-order valence-electron chi connectivity index (χ4n) is 1.24. The molecule has 88 valence electrons. The van der Waals surface area contributed by atoms with Crippen LogP contribution in [0.5, 0.6) is 0 Å². The molecule has 1 rings (SSSR count). The Hall–Kier alpha value is -1.20. The summed E-state index contributed by atoms with van der Waals surface area (Å²) in [4.78, 5) is 28.1. The number of carboxylic acids is 1. The molecule has 1 aromatic rings. The summed E-state index contributed by atoms with van der Waals surface area (Å²) in [6.07, 6.45) is 0.0152. The fraction of sp³-hybridized carbons (Fsp3) is 0.222. The van der Waals surface area contributed by atoms with Crippen molar-refractivity contribution in [1.82, 2.24) is 5.09 Å². The van der Waals surface area contributed by atoms with Gasteiger partial charge < -0.3 is 14.9 Å². The minimum Gasteiger partial charge on any atom is -0.480 e. The molecule has 0 aromatic heterocycles. The summed E-state index contributed by atoms with van der Waals surface area (Å²) in [6.45, 7) is 0. The molecule has 0 bridgehead atoms. The second-order valence-corrected chi connectivity index (χ2v) is 4.60. The molecule has 1 atom stereocenters. The third-order valence-electron chi connectivity index (χ3n) is 1.90. The number of carbonyl (C=O) groups is 1. The van der Waals surface area contributed by atoms with Gasteiger partial charge in [0.15, 0.2) is 0 Å². The van der Waals surface area contributed by atoms with E-state index in [9.17, 15) is 9.36 Å². The van der Waals surface area contributed by atoms with Crippen LogP contribution in [-0.2, 0) is 15.8 Å². The molecular weight excluding hydrogens is 233 g/mol. The van der Waals surface area contributed by atoms with Crippen molar-refractivity contribution in [3.05, 3.63) is 35.9 Å². The predicted octanol–water partition coefficient (Wildman–Crippen LogP) is 0.365. The van der Waals surface area contributed by atoms with E-state index < -0.39 is 19.8 Å². The van der Waals surface area contributed by atoms with Crippen molar-refractivity contribution in [1.29, 1.82) is 0 Å². The monoisotopic (exact) mass is 245 g/mol. The second kappa shape index (κ2) is 5.23. The van der Waals surface area contributed by atoms with Gasteiger partial charge in [0, 0.05) is 0 Å². The molecule has 4 N–H and O–H groups in total. The first-order valence-corrected chi connectivity index (χ1v) is 6.10. The molecular formula is C9H12NO5P. The van der Waals surface area contributed by atoms with Crippen LogP contribution in [0.25, 0.3) is 0 Å². The van der Waals surface area contributed by atoms with Crippen LogP contribution in [0.1, 0.15) is 5.56 Å². The molecule has 0 heterocycles. The maximum absolute atomic E-state index is 10.8. The molecule has 0 amide bonds. The first-order chi connectivity index (χ1) is 7.38. The van der Waals surface area contributed by atoms with E-state index in [1.54, 1.807) is 35.4 Å². The van der Waals surface area contributed by atoms with Gasteiger partial charge in [-0.25, -0.2) is 9.65 Å². The summed E-state index contributed by atoms with van der Waals surface area (Å²) in [5.74, 6) is -1.30. The zero-order valence-corrected chi connectivity index (χ0v) is 9.17. The van der Waals surface area contributed by atoms with E-state index in [0.717, 1.165) is 0 Å². The molecule has 1 aromatic carbocycles. The highest BCUT2D eigenvalue weighted by Crippen LogP contribution is 2.29. The summed E-state index contributed by atoms with van der Waals surface area (Å²) >= 11 is 0. The Morgan fingerprint density at radius 2 is 1.88 bits per heavy atom. The zero-order chi connectivity index (χ0) is 12.2. The average molecular weight is 245 g/mol. The lowest BCUT2D eigenvalue weighted by Crippen LogP contribution is -2.36. The molecule has 6 nitrogen and oxygen atoms in total. The quantitative estimate of drug-likeness (QED) is 0.558. The number of hydrogen-bond acceptors (Lipinski definition) is 2. The number of aliphatic carboxylic acids is 1. The Morgan fingerprint density at radius 1 is 1.31 bits per heavy atom. The lowest BCUT2D eigenvalue weighted by atomic mass is 10.1. The highest BCUT2D eigenvalue weighted by Gasteiger charge is 2.25. The molecule has 0 spiro atoms. The Morgan fingerprint density at radius 3 is 2.31 bits per heavy atom. The number of hydrogen-bond donors (Lipinski definition) is 4. The Bertz CT molecular complexity index is 402. The van der Waals surface area contributed by atoms with Crippen LogP contribution in [0.3, 0.4) is 0 Å². The van der Waals surface area contributed by atoms with E-state index in [4.69, 9.17) is 14.9 Å². The van der Waals surface area contributed by atoms with Crippen molar-refractivity contribution in [3.8, 4) is 0 Å². The number of nitrogens with one attached hydrogen (secondary N) is 1. The summed E-state index contributed by atoms with van der Waals surface area (Å²) in [5, 5.41) is 10.6. The van der Waals surface area contributed by atoms with E-state index in [1.807, 2.05) is 0 Å². The van der Waals surface area contributed by atoms with Gasteiger partial charge in [-0.15, -0.1) is 0 Å². The van der Waals surface area contributed by atoms with Crippen LogP contribution in [0.15, 0.2) is 30.3 Å². The Balaban J connectivity index is 2.73. The molecule has 0 aliphatic rings. The standard InChI is InChI=1S/C9H12NO5P/c11-9(12)8(10-16(13,14)15)6-7-4-2-1-3-5-7/h1-5,8H,6H2,(H,11,12)(H3,10,13,14,15)/t8-/m0/s1. The average Bonchev–Trinajstić information content (AvgIpc) is 2.16. The van der Waals surface area contributed by atoms with E-state index >= 15 is 0 Å². The zero-order valence-electron chi connectivity index (χ0n) is 8.28. The van der Waals surface area contributed by atoms with Crippen molar-refractivity contribution < 1.29 is 24.3 Å². The second-order valence-electron chi connectivity index (χ2n) is 3.25. The van der Waals surface area contributed by atoms with E-state index in [1.165, 1.54) is 0 Å². The van der Waals surface area contributed by atoms with Gasteiger partial charge in [0.25, 0.3) is 0 Å². The van der Waals surface area contributed by atoms with Gasteiger partial charge in [0.1, 0.15) is 6.04 Å². The van der Waals surface area contributed by atoms with Crippen LogP contribution in [0.2, 0.25) is 0 Å². The third kappa shape index (κ3) is 4.55. The van der Waals surface area contributed by atoms with Crippen LogP contribution in [-0.4, -0.2) is 26.9 Å². The maximum Gasteiger partial charge on any atom is 0.401 e. The summed E-state index contributed by atoms with van der Waals surface area (Å²) < 4.78 is 10.7. The topological polar surface area (TPSA) is 107 Å². The normalized spacial score (nSPS) is 13.4. The van der Waals surface area contributed by atoms with Gasteiger partial charge in [-0.2, -0.15) is 0 Å². The van der Waals surface area contributed by atoms with Crippen LogP contribution >= 0.6 is 7.75 Å². The minimum atomic E-state index is -4.54. The summed E-state index contributed by atoms with van der Waals surface area (Å²) in [6, 6.07) is 7.31. The Kier molecular flexibility index (Phi) is 4.20. The molecule has 0 aliphatic heterocycles. The highest BCUT2D eigenvalue weighted by molar-refractivity contribution is 7.49. The lowest BCUT2D eigenvalue weighted by molar-refractivity contribution is -0.139. The van der Waals surface area contributed by atoms with E-state index in [2.05, 4.69) is 0 Å². The minimum absolute atomic E-state index is 0.0152. The largest absolute Gasteiger partial charge is 0.480 e. The van der Waals surface area contributed by atoms with Crippen LogP contribution in [0, 0.1) is 0 Å². The van der Waals surface area contributed by atoms with Crippen molar-refractivity contribution in [2.24, 2.45) is 0 Å². The van der Waals surface area contributed by atoms with Gasteiger partial charge in [-0.05, 0) is 12.0 Å². The SMILES string of the molecule is O=C(O)[C@H](Cc1ccccc1)NP(=O)(O)O. The van der Waals surface area contributed by atoms with Crippen molar-refractivity contribution >= 4 is 13.7 Å². The first kappa shape index (κ1) is 12.9. The molecule has 7 heteroatoms. The van der Waals surface area contributed by atoms with E-state index in [0.29, 0.717) is 5.56 Å². The molecule has 0 aliphatic carbocycles. The van der Waals surface area contributed by atoms with Crippen molar-refractivity contribution in [2.45, 2.75) is 12.5 Å². The van der Waals surface area contributed by atoms with Crippen LogP contribution in [0.4, 0.5) is 0 Å². The number of benzene rings is 1. The third-order valence-corrected chi connectivity index (χ3v) is 2.55. The van der Waals surface area contributed by atoms with Gasteiger partial charge >= 0.3 is 13.7 Å². The maximum atomic E-state index is 10.8. The lowest BCUT2D eigenvalue weighted by Gasteiger charge is -2.14. The molecule has 16 heavy (non-hydrogen) atoms. The Labute approximate surface area is 92.1 Å². The predicted molar refractivity (Wildman–Crippen MR) is 56.7 cm³/mol. The van der Waals surface area contributed by atoms with E-state index in [-0.39, 0.29) is 6.42 Å². The first-order valence-electron chi connectivity index (χ1n) is 4.48. The molecule has 0 saturated carbocycles. The van der Waals surface area contributed by atoms with Gasteiger partial charge in [-0.1, -0.05) is 30.3 Å². The highest BCUT2D eigenvalue weighted by atomic mass is 31.2. The van der Waals surface area contributed by atoms with Crippen molar-refractivity contribution in [2.75, 3.05) is 0 Å². The smallest absolute Gasteiger partial charge is 0.401 e. The van der Waals surface area contributed by atoms with Crippen LogP contribution < -0.4 is 5.09 Å². The summed E-state index contributed by atoms with van der Waals surface area (Å²) in [7, 11) is -4.54. The molecule has 0 fully saturated rings. The van der Waals surface area contributed by atoms with Crippen molar-refractivity contribution in [3.63, 3.8) is 0 Å². The number of carboxylic acid groups (broad SMARTS) is 1. The van der Waals surface area contributed by atoms with Gasteiger partial charge in [0.2, 0.25) is 0 Å². The molecule has 0 unspecified atom stereocenters. The molecule has 0 saturated heterocycles. The summed E-state index contributed by atoms with van der Waals surface area (Å²) in [5.41, 5.74) is 0.691. The molecule has 0 radical (unpaired) electrons. The number of rotatable bonds is 5. The fourth-order valence-corrected chi connectivity index (χ4v) is 1.85.